The van der Waals surface area contributed by atoms with Crippen molar-refractivity contribution in [1.29, 1.82) is 0 Å². The van der Waals surface area contributed by atoms with Crippen LogP contribution in [0.1, 0.15) is 32.4 Å². The van der Waals surface area contributed by atoms with Crippen LogP contribution in [0.3, 0.4) is 0 Å². The molecule has 29 heavy (non-hydrogen) atoms. The van der Waals surface area contributed by atoms with E-state index in [-0.39, 0.29) is 11.1 Å². The number of carbonyl (C=O) groups is 2. The van der Waals surface area contributed by atoms with Crippen LogP contribution in [0.2, 0.25) is 0 Å². The monoisotopic (exact) mass is 410 g/mol. The summed E-state index contributed by atoms with van der Waals surface area (Å²) in [5.74, 6) is -8.75. The molecule has 0 saturated heterocycles. The van der Waals surface area contributed by atoms with Gasteiger partial charge in [-0.15, -0.1) is 0 Å². The predicted molar refractivity (Wildman–Crippen MR) is 97.5 cm³/mol. The summed E-state index contributed by atoms with van der Waals surface area (Å²) in [7, 11) is 0. The molecular weight excluding hydrogens is 390 g/mol. The third-order valence-corrected chi connectivity index (χ3v) is 5.10. The maximum atomic E-state index is 15.0. The Labute approximate surface area is 165 Å². The fraction of sp³-hybridized carbons (Fsp3) is 0.350. The highest BCUT2D eigenvalue weighted by atomic mass is 19.3. The van der Waals surface area contributed by atoms with E-state index in [0.717, 1.165) is 12.1 Å². The predicted octanol–water partition coefficient (Wildman–Crippen LogP) is 2.67. The van der Waals surface area contributed by atoms with Gasteiger partial charge in [0.15, 0.2) is 0 Å². The fourth-order valence-corrected chi connectivity index (χ4v) is 3.65. The molecule has 3 N–H and O–H groups in total. The first-order chi connectivity index (χ1) is 13.5. The molecule has 1 aromatic rings. The highest BCUT2D eigenvalue weighted by Gasteiger charge is 2.51. The first kappa shape index (κ1) is 20.9. The Morgan fingerprint density at radius 1 is 1.28 bits per heavy atom. The molecule has 155 valence electrons. The lowest BCUT2D eigenvalue weighted by Gasteiger charge is -2.36. The van der Waals surface area contributed by atoms with E-state index in [1.807, 2.05) is 5.32 Å². The highest BCUT2D eigenvalue weighted by Crippen LogP contribution is 2.37. The van der Waals surface area contributed by atoms with Crippen molar-refractivity contribution < 1.29 is 27.2 Å². The lowest BCUT2D eigenvalue weighted by molar-refractivity contribution is -0.144. The number of carbonyl (C=O) groups excluding carboxylic acids is 2. The summed E-state index contributed by atoms with van der Waals surface area (Å²) in [4.78, 5) is 24.7. The van der Waals surface area contributed by atoms with Crippen molar-refractivity contribution in [2.45, 2.75) is 38.8 Å². The van der Waals surface area contributed by atoms with Gasteiger partial charge in [0, 0.05) is 30.3 Å². The number of benzene rings is 1. The third-order valence-electron chi connectivity index (χ3n) is 5.10. The first-order valence-corrected chi connectivity index (χ1v) is 8.98. The summed E-state index contributed by atoms with van der Waals surface area (Å²) in [5.41, 5.74) is 0.0189. The van der Waals surface area contributed by atoms with Crippen molar-refractivity contribution in [3.05, 3.63) is 64.2 Å². The van der Waals surface area contributed by atoms with Gasteiger partial charge >= 0.3 is 5.92 Å². The number of nitrogens with one attached hydrogen (secondary N) is 3. The van der Waals surface area contributed by atoms with E-state index in [1.165, 1.54) is 13.8 Å². The van der Waals surface area contributed by atoms with E-state index in [9.17, 15) is 27.2 Å². The molecule has 0 aromatic heterocycles. The number of hydrogen-bond acceptors (Lipinski definition) is 3. The van der Waals surface area contributed by atoms with Crippen LogP contribution < -0.4 is 16.0 Å². The molecule has 0 fully saturated rings. The molecule has 2 aliphatic rings. The molecule has 5 nitrogen and oxygen atoms in total. The third kappa shape index (κ3) is 3.73. The van der Waals surface area contributed by atoms with E-state index in [0.29, 0.717) is 23.9 Å². The zero-order valence-electron chi connectivity index (χ0n) is 16.0. The van der Waals surface area contributed by atoms with E-state index in [1.54, 1.807) is 13.3 Å². The molecule has 3 rings (SSSR count). The molecule has 1 radical (unpaired) electrons. The van der Waals surface area contributed by atoms with Crippen LogP contribution in [0.4, 0.5) is 17.6 Å². The first-order valence-electron chi connectivity index (χ1n) is 8.98. The van der Waals surface area contributed by atoms with Gasteiger partial charge in [0.2, 0.25) is 0 Å². The zero-order valence-corrected chi connectivity index (χ0v) is 16.0. The normalized spacial score (nSPS) is 20.7. The molecule has 1 unspecified atom stereocenters. The molecular formula is C20H20F4N3O2. The lowest BCUT2D eigenvalue weighted by Crippen LogP contribution is -2.53. The van der Waals surface area contributed by atoms with Gasteiger partial charge in [-0.25, -0.2) is 8.78 Å². The average molecular weight is 410 g/mol. The Hall–Kier alpha value is -2.84. The maximum absolute atomic E-state index is 15.0. The number of amides is 2. The van der Waals surface area contributed by atoms with Crippen molar-refractivity contribution in [3.63, 3.8) is 0 Å². The minimum Gasteiger partial charge on any atom is -0.388 e. The second-order valence-electron chi connectivity index (χ2n) is 7.04. The molecule has 0 saturated carbocycles. The fourth-order valence-electron chi connectivity index (χ4n) is 3.65. The summed E-state index contributed by atoms with van der Waals surface area (Å²) in [6.45, 7) is 4.83. The van der Waals surface area contributed by atoms with Crippen molar-refractivity contribution in [2.75, 3.05) is 6.54 Å². The molecule has 2 atom stereocenters. The minimum absolute atomic E-state index is 0.0143. The molecule has 1 aromatic carbocycles. The Bertz CT molecular complexity index is 940. The van der Waals surface area contributed by atoms with Crippen molar-refractivity contribution in [1.82, 2.24) is 16.0 Å². The van der Waals surface area contributed by atoms with Gasteiger partial charge in [-0.3, -0.25) is 9.59 Å². The molecule has 0 aliphatic carbocycles. The number of halogens is 4. The minimum atomic E-state index is -4.16. The van der Waals surface area contributed by atoms with Gasteiger partial charge in [-0.1, -0.05) is 6.07 Å². The standard InChI is InChI=1S/C20H20F4N3O2/c1-9-16-11(3)25-7-6-15(16)27-18(28)17(9)20(23,24)19(29)26-10(2)13-5-4-12(21)8-14(13)22/h4-6,8,10,15,25H,7H2,1-3H3,(H,26,29)(H,27,28)/t10-,15?/m0/s1. The Morgan fingerprint density at radius 2 is 1.97 bits per heavy atom. The molecule has 0 bridgehead atoms. The average Bonchev–Trinajstić information content (AvgIpc) is 2.60. The van der Waals surface area contributed by atoms with Crippen LogP contribution in [0.5, 0.6) is 0 Å². The SMILES string of the molecule is CC1=C2C(C)=C(C(F)(F)C(=O)N[C@@H](C)c3ccc(F)cc3F)C(=O)NC2[CH]CN1. The van der Waals surface area contributed by atoms with Crippen LogP contribution in [0.25, 0.3) is 0 Å². The summed E-state index contributed by atoms with van der Waals surface area (Å²) in [6.07, 6.45) is 1.73. The smallest absolute Gasteiger partial charge is 0.355 e. The Morgan fingerprint density at radius 3 is 2.62 bits per heavy atom. The van der Waals surface area contributed by atoms with Gasteiger partial charge in [-0.05, 0) is 38.0 Å². The highest BCUT2D eigenvalue weighted by molar-refractivity contribution is 6.06. The second kappa shape index (κ2) is 7.53. The number of rotatable bonds is 4. The van der Waals surface area contributed by atoms with Gasteiger partial charge in [0.25, 0.3) is 11.8 Å². The van der Waals surface area contributed by atoms with Crippen LogP contribution >= 0.6 is 0 Å². The summed E-state index contributed by atoms with van der Waals surface area (Å²) >= 11 is 0. The van der Waals surface area contributed by atoms with Gasteiger partial charge < -0.3 is 16.0 Å². The number of fused-ring (bicyclic) bond motifs is 1. The number of hydrogen-bond donors (Lipinski definition) is 3. The van der Waals surface area contributed by atoms with Gasteiger partial charge in [0.05, 0.1) is 17.7 Å². The van der Waals surface area contributed by atoms with Crippen LogP contribution in [0, 0.1) is 18.1 Å². The van der Waals surface area contributed by atoms with Gasteiger partial charge in [-0.2, -0.15) is 8.78 Å². The quantitative estimate of drug-likeness (QED) is 0.669. The van der Waals surface area contributed by atoms with E-state index >= 15 is 0 Å². The topological polar surface area (TPSA) is 70.2 Å². The van der Waals surface area contributed by atoms with Crippen LogP contribution in [-0.2, 0) is 9.59 Å². The van der Waals surface area contributed by atoms with Crippen molar-refractivity contribution in [3.8, 4) is 0 Å². The summed E-state index contributed by atoms with van der Waals surface area (Å²) in [5, 5.41) is 7.50. The zero-order chi connectivity index (χ0) is 21.5. The van der Waals surface area contributed by atoms with Crippen molar-refractivity contribution >= 4 is 11.8 Å². The molecule has 2 heterocycles. The largest absolute Gasteiger partial charge is 0.388 e. The Kier molecular flexibility index (Phi) is 5.42. The molecule has 0 spiro atoms. The van der Waals surface area contributed by atoms with E-state index in [4.69, 9.17) is 0 Å². The summed E-state index contributed by atoms with van der Waals surface area (Å²) in [6, 6.07) is 0.939. The Balaban J connectivity index is 1.91. The van der Waals surface area contributed by atoms with Crippen molar-refractivity contribution in [2.24, 2.45) is 0 Å². The maximum Gasteiger partial charge on any atom is 0.355 e. The lowest BCUT2D eigenvalue weighted by atomic mass is 9.83. The summed E-state index contributed by atoms with van der Waals surface area (Å²) < 4.78 is 56.9. The van der Waals surface area contributed by atoms with Crippen LogP contribution in [-0.4, -0.2) is 30.3 Å². The molecule has 2 amide bonds. The van der Waals surface area contributed by atoms with E-state index in [2.05, 4.69) is 10.6 Å². The molecule has 2 aliphatic heterocycles. The van der Waals surface area contributed by atoms with Gasteiger partial charge in [0.1, 0.15) is 11.6 Å². The second-order valence-corrected chi connectivity index (χ2v) is 7.04. The van der Waals surface area contributed by atoms with Crippen LogP contribution in [0.15, 0.2) is 40.6 Å². The number of allylic oxidation sites excluding steroid dienone is 1. The molecule has 9 heteroatoms. The number of alkyl halides is 2. The van der Waals surface area contributed by atoms with E-state index < -0.39 is 47.0 Å².